The van der Waals surface area contributed by atoms with E-state index in [2.05, 4.69) is 15.2 Å². The van der Waals surface area contributed by atoms with Crippen molar-refractivity contribution in [3.63, 3.8) is 0 Å². The van der Waals surface area contributed by atoms with Gasteiger partial charge in [0.05, 0.1) is 44.4 Å². The molecule has 2 N–H and O–H groups in total. The fraction of sp³-hybridized carbons (Fsp3) is 0.156. The van der Waals surface area contributed by atoms with Gasteiger partial charge in [0.2, 0.25) is 10.0 Å². The Bertz CT molecular complexity index is 2090. The van der Waals surface area contributed by atoms with Crippen LogP contribution in [0.1, 0.15) is 40.1 Å². The SMILES string of the molecule is CCN(CC)S(=O)(=O)c1ccc(Cl)c(C(=O)Oc2ccc(C=NNC(=O)c3cccc(S(=O)(=O)Nc4ccccc4Cl)c3)cc2OC)c1. The molecule has 0 radical (unpaired) electrons. The van der Waals surface area contributed by atoms with Crippen LogP contribution in [0.3, 0.4) is 0 Å². The summed E-state index contributed by atoms with van der Waals surface area (Å²) in [4.78, 5) is 25.5. The number of rotatable bonds is 13. The third-order valence-electron chi connectivity index (χ3n) is 6.80. The number of sulfonamides is 2. The molecule has 0 saturated carbocycles. The maximum atomic E-state index is 13.1. The number of ether oxygens (including phenoxy) is 2. The Kier molecular flexibility index (Phi) is 11.8. The molecule has 0 heterocycles. The topological polar surface area (TPSA) is 161 Å². The van der Waals surface area contributed by atoms with Gasteiger partial charge in [-0.2, -0.15) is 9.41 Å². The number of carbonyl (C=O) groups excluding carboxylic acids is 2. The van der Waals surface area contributed by atoms with Gasteiger partial charge in [0, 0.05) is 18.7 Å². The molecule has 0 saturated heterocycles. The van der Waals surface area contributed by atoms with E-state index in [0.29, 0.717) is 5.56 Å². The van der Waals surface area contributed by atoms with Crippen molar-refractivity contribution < 1.29 is 35.9 Å². The second-order valence-electron chi connectivity index (χ2n) is 9.84. The molecule has 0 aliphatic carbocycles. The molecular formula is C32H30Cl2N4O8S2. The highest BCUT2D eigenvalue weighted by Gasteiger charge is 2.25. The van der Waals surface area contributed by atoms with E-state index in [0.717, 1.165) is 6.07 Å². The Labute approximate surface area is 288 Å². The number of hydrazone groups is 1. The van der Waals surface area contributed by atoms with Gasteiger partial charge in [-0.05, 0) is 72.3 Å². The number of amides is 1. The van der Waals surface area contributed by atoms with E-state index in [9.17, 15) is 26.4 Å². The van der Waals surface area contributed by atoms with Crippen molar-refractivity contribution in [2.75, 3.05) is 24.9 Å². The molecule has 0 aliphatic heterocycles. The fourth-order valence-electron chi connectivity index (χ4n) is 4.32. The van der Waals surface area contributed by atoms with Gasteiger partial charge in [-0.15, -0.1) is 0 Å². The van der Waals surface area contributed by atoms with Gasteiger partial charge in [0.1, 0.15) is 0 Å². The van der Waals surface area contributed by atoms with Gasteiger partial charge in [-0.1, -0.05) is 55.2 Å². The Morgan fingerprint density at radius 1 is 0.833 bits per heavy atom. The lowest BCUT2D eigenvalue weighted by Crippen LogP contribution is -2.30. The van der Waals surface area contributed by atoms with Crippen LogP contribution >= 0.6 is 23.2 Å². The lowest BCUT2D eigenvalue weighted by molar-refractivity contribution is 0.0729. The quantitative estimate of drug-likeness (QED) is 0.0753. The van der Waals surface area contributed by atoms with Crippen LogP contribution in [-0.2, 0) is 20.0 Å². The second-order valence-corrected chi connectivity index (χ2v) is 14.3. The maximum absolute atomic E-state index is 13.1. The number of anilines is 1. The molecule has 0 unspecified atom stereocenters. The monoisotopic (exact) mass is 732 g/mol. The minimum absolute atomic E-state index is 0.00282. The van der Waals surface area contributed by atoms with Gasteiger partial charge in [-0.3, -0.25) is 9.52 Å². The summed E-state index contributed by atoms with van der Waals surface area (Å²) in [5, 5.41) is 4.14. The molecule has 0 fully saturated rings. The lowest BCUT2D eigenvalue weighted by Gasteiger charge is -2.19. The van der Waals surface area contributed by atoms with Crippen LogP contribution in [0.2, 0.25) is 10.0 Å². The van der Waals surface area contributed by atoms with E-state index < -0.39 is 31.9 Å². The minimum Gasteiger partial charge on any atom is -0.493 e. The van der Waals surface area contributed by atoms with E-state index in [1.807, 2.05) is 0 Å². The molecule has 1 amide bonds. The first kappa shape index (κ1) is 36.4. The first-order valence-corrected chi connectivity index (χ1v) is 17.9. The summed E-state index contributed by atoms with van der Waals surface area (Å²) in [5.41, 5.74) is 2.84. The molecule has 0 aromatic heterocycles. The average Bonchev–Trinajstić information content (AvgIpc) is 3.06. The van der Waals surface area contributed by atoms with Gasteiger partial charge in [-0.25, -0.2) is 27.1 Å². The molecule has 4 rings (SSSR count). The van der Waals surface area contributed by atoms with Crippen molar-refractivity contribution in [3.05, 3.63) is 112 Å². The molecule has 4 aromatic rings. The molecule has 48 heavy (non-hydrogen) atoms. The first-order chi connectivity index (χ1) is 22.8. The van der Waals surface area contributed by atoms with E-state index in [1.54, 1.807) is 26.0 Å². The Morgan fingerprint density at radius 2 is 1.56 bits per heavy atom. The molecule has 0 bridgehead atoms. The summed E-state index contributed by atoms with van der Waals surface area (Å²) in [6.45, 7) is 3.91. The van der Waals surface area contributed by atoms with Crippen molar-refractivity contribution in [2.45, 2.75) is 23.6 Å². The fourth-order valence-corrected chi connectivity index (χ4v) is 7.36. The molecule has 12 nitrogen and oxygen atoms in total. The largest absolute Gasteiger partial charge is 0.493 e. The van der Waals surface area contributed by atoms with E-state index in [1.165, 1.54) is 84.4 Å². The van der Waals surface area contributed by atoms with E-state index >= 15 is 0 Å². The summed E-state index contributed by atoms with van der Waals surface area (Å²) in [6, 6.07) is 19.9. The predicted molar refractivity (Wildman–Crippen MR) is 183 cm³/mol. The standard InChI is InChI=1S/C32H30Cl2N4O8S2/c1-4-38(5-2)48(43,44)24-14-15-26(33)25(19-24)32(40)46-29-16-13-21(17-30(29)45-3)20-35-36-31(39)22-9-8-10-23(18-22)47(41,42)37-28-12-7-6-11-27(28)34/h6-20,37H,4-5H2,1-3H3,(H,36,39). The van der Waals surface area contributed by atoms with E-state index in [4.69, 9.17) is 32.7 Å². The molecule has 0 spiro atoms. The van der Waals surface area contributed by atoms with Gasteiger partial charge >= 0.3 is 5.97 Å². The van der Waals surface area contributed by atoms with Crippen LogP contribution in [0, 0.1) is 0 Å². The average molecular weight is 734 g/mol. The number of hydrogen-bond acceptors (Lipinski definition) is 9. The zero-order chi connectivity index (χ0) is 35.1. The van der Waals surface area contributed by atoms with Crippen LogP contribution in [0.5, 0.6) is 11.5 Å². The van der Waals surface area contributed by atoms with Crippen LogP contribution in [0.15, 0.2) is 99.8 Å². The summed E-state index contributed by atoms with van der Waals surface area (Å²) in [5.74, 6) is -1.44. The van der Waals surface area contributed by atoms with Gasteiger partial charge < -0.3 is 9.47 Å². The van der Waals surface area contributed by atoms with Crippen molar-refractivity contribution in [3.8, 4) is 11.5 Å². The number of esters is 1. The number of methoxy groups -OCH3 is 1. The number of carbonyl (C=O) groups is 2. The molecule has 252 valence electrons. The third kappa shape index (κ3) is 8.51. The highest BCUT2D eigenvalue weighted by molar-refractivity contribution is 7.92. The second kappa shape index (κ2) is 15.6. The number of nitrogens with one attached hydrogen (secondary N) is 2. The molecule has 0 atom stereocenters. The van der Waals surface area contributed by atoms with Crippen molar-refractivity contribution in [1.29, 1.82) is 0 Å². The summed E-state index contributed by atoms with van der Waals surface area (Å²) >= 11 is 12.3. The van der Waals surface area contributed by atoms with E-state index in [-0.39, 0.29) is 61.2 Å². The van der Waals surface area contributed by atoms with Gasteiger partial charge in [0.25, 0.3) is 15.9 Å². The third-order valence-corrected chi connectivity index (χ3v) is 10.9. The Balaban J connectivity index is 1.45. The first-order valence-electron chi connectivity index (χ1n) is 14.2. The zero-order valence-electron chi connectivity index (χ0n) is 25.8. The van der Waals surface area contributed by atoms with Crippen molar-refractivity contribution in [2.24, 2.45) is 5.10 Å². The number of halogens is 2. The Morgan fingerprint density at radius 3 is 2.25 bits per heavy atom. The molecular weight excluding hydrogens is 703 g/mol. The molecule has 0 aliphatic rings. The number of nitrogens with zero attached hydrogens (tertiary/aromatic N) is 2. The van der Waals surface area contributed by atoms with Crippen molar-refractivity contribution in [1.82, 2.24) is 9.73 Å². The van der Waals surface area contributed by atoms with Crippen LogP contribution in [0.25, 0.3) is 0 Å². The predicted octanol–water partition coefficient (Wildman–Crippen LogP) is 5.82. The highest BCUT2D eigenvalue weighted by atomic mass is 35.5. The Hall–Kier alpha value is -4.47. The van der Waals surface area contributed by atoms with Crippen LogP contribution in [-0.4, -0.2) is 59.4 Å². The number of para-hydroxylation sites is 1. The van der Waals surface area contributed by atoms with Crippen molar-refractivity contribution >= 4 is 67.0 Å². The molecule has 4 aromatic carbocycles. The maximum Gasteiger partial charge on any atom is 0.345 e. The van der Waals surface area contributed by atoms with Crippen LogP contribution in [0.4, 0.5) is 5.69 Å². The normalized spacial score (nSPS) is 11.8. The number of benzene rings is 4. The number of hydrogen-bond donors (Lipinski definition) is 2. The van der Waals surface area contributed by atoms with Crippen LogP contribution < -0.4 is 19.6 Å². The minimum atomic E-state index is -4.05. The highest BCUT2D eigenvalue weighted by Crippen LogP contribution is 2.30. The lowest BCUT2D eigenvalue weighted by atomic mass is 10.2. The molecule has 16 heteroatoms. The summed E-state index contributed by atoms with van der Waals surface area (Å²) in [6.07, 6.45) is 1.30. The van der Waals surface area contributed by atoms with Gasteiger partial charge in [0.15, 0.2) is 11.5 Å². The summed E-state index contributed by atoms with van der Waals surface area (Å²) in [7, 11) is -6.56. The summed E-state index contributed by atoms with van der Waals surface area (Å²) < 4.78 is 66.1. The zero-order valence-corrected chi connectivity index (χ0v) is 29.0. The smallest absolute Gasteiger partial charge is 0.345 e.